The van der Waals surface area contributed by atoms with Gasteiger partial charge in [-0.3, -0.25) is 4.79 Å². The summed E-state index contributed by atoms with van der Waals surface area (Å²) in [6.45, 7) is 1.55. The van der Waals surface area contributed by atoms with Gasteiger partial charge in [-0.1, -0.05) is 6.07 Å². The lowest BCUT2D eigenvalue weighted by Crippen LogP contribution is -2.15. The maximum Gasteiger partial charge on any atom is 0.337 e. The van der Waals surface area contributed by atoms with Crippen molar-refractivity contribution in [2.75, 3.05) is 5.32 Å². The SMILES string of the molecule is Cc1cc(C(=O)Nc2c(Br)cccc2C(=O)O)ccc1F. The van der Waals surface area contributed by atoms with Crippen LogP contribution >= 0.6 is 15.9 Å². The van der Waals surface area contributed by atoms with Crippen LogP contribution in [-0.2, 0) is 0 Å². The number of carboxylic acids is 1. The van der Waals surface area contributed by atoms with Crippen LogP contribution in [-0.4, -0.2) is 17.0 Å². The number of carbonyl (C=O) groups is 2. The van der Waals surface area contributed by atoms with Gasteiger partial charge >= 0.3 is 5.97 Å². The van der Waals surface area contributed by atoms with Gasteiger partial charge < -0.3 is 10.4 Å². The Bertz CT molecular complexity index is 731. The summed E-state index contributed by atoms with van der Waals surface area (Å²) in [4.78, 5) is 23.3. The Morgan fingerprint density at radius 3 is 2.57 bits per heavy atom. The molecule has 0 radical (unpaired) electrons. The molecule has 2 rings (SSSR count). The standard InChI is InChI=1S/C15H11BrFNO3/c1-8-7-9(5-6-12(8)17)14(19)18-13-10(15(20)21)3-2-4-11(13)16/h2-7H,1H3,(H,18,19)(H,20,21). The number of halogens is 2. The number of anilines is 1. The van der Waals surface area contributed by atoms with E-state index in [0.717, 1.165) is 0 Å². The van der Waals surface area contributed by atoms with E-state index in [1.165, 1.54) is 24.3 Å². The first kappa shape index (κ1) is 15.2. The van der Waals surface area contributed by atoms with Gasteiger partial charge in [0.1, 0.15) is 5.82 Å². The van der Waals surface area contributed by atoms with Crippen LogP contribution < -0.4 is 5.32 Å². The van der Waals surface area contributed by atoms with E-state index >= 15 is 0 Å². The number of carboxylic acid groups (broad SMARTS) is 1. The molecule has 0 atom stereocenters. The Morgan fingerprint density at radius 2 is 1.95 bits per heavy atom. The maximum absolute atomic E-state index is 13.2. The van der Waals surface area contributed by atoms with E-state index in [4.69, 9.17) is 5.11 Å². The van der Waals surface area contributed by atoms with Crippen molar-refractivity contribution >= 4 is 33.5 Å². The molecule has 0 unspecified atom stereocenters. The molecule has 2 N–H and O–H groups in total. The van der Waals surface area contributed by atoms with E-state index in [0.29, 0.717) is 10.0 Å². The fraction of sp³-hybridized carbons (Fsp3) is 0.0667. The van der Waals surface area contributed by atoms with E-state index in [9.17, 15) is 14.0 Å². The number of para-hydroxylation sites is 1. The number of hydrogen-bond donors (Lipinski definition) is 2. The fourth-order valence-electron chi connectivity index (χ4n) is 1.80. The van der Waals surface area contributed by atoms with E-state index in [2.05, 4.69) is 21.2 Å². The van der Waals surface area contributed by atoms with Gasteiger partial charge in [0.2, 0.25) is 0 Å². The zero-order valence-corrected chi connectivity index (χ0v) is 12.6. The predicted molar refractivity (Wildman–Crippen MR) is 80.2 cm³/mol. The molecule has 108 valence electrons. The molecule has 0 aromatic heterocycles. The molecule has 2 aromatic carbocycles. The van der Waals surface area contributed by atoms with Gasteiger partial charge in [0.25, 0.3) is 5.91 Å². The summed E-state index contributed by atoms with van der Waals surface area (Å²) in [5, 5.41) is 11.7. The average molecular weight is 352 g/mol. The van der Waals surface area contributed by atoms with Crippen LogP contribution in [0.1, 0.15) is 26.3 Å². The normalized spacial score (nSPS) is 10.2. The smallest absolute Gasteiger partial charge is 0.337 e. The number of rotatable bonds is 3. The molecule has 0 fully saturated rings. The third kappa shape index (κ3) is 3.28. The number of aromatic carboxylic acids is 1. The number of carbonyl (C=O) groups excluding carboxylic acids is 1. The summed E-state index contributed by atoms with van der Waals surface area (Å²) in [6, 6.07) is 8.51. The van der Waals surface area contributed by atoms with Crippen molar-refractivity contribution in [3.05, 3.63) is 63.4 Å². The molecule has 0 heterocycles. The molecule has 0 saturated heterocycles. The molecular weight excluding hydrogens is 341 g/mol. The molecule has 0 aliphatic heterocycles. The van der Waals surface area contributed by atoms with Gasteiger partial charge in [-0.25, -0.2) is 9.18 Å². The van der Waals surface area contributed by atoms with Crippen LogP contribution in [0.15, 0.2) is 40.9 Å². The highest BCUT2D eigenvalue weighted by molar-refractivity contribution is 9.10. The summed E-state index contributed by atoms with van der Waals surface area (Å²) in [7, 11) is 0. The van der Waals surface area contributed by atoms with Crippen molar-refractivity contribution in [3.63, 3.8) is 0 Å². The molecule has 0 bridgehead atoms. The Balaban J connectivity index is 2.36. The highest BCUT2D eigenvalue weighted by Gasteiger charge is 2.16. The average Bonchev–Trinajstić information content (AvgIpc) is 2.43. The zero-order chi connectivity index (χ0) is 15.6. The minimum atomic E-state index is -1.15. The molecule has 0 aliphatic carbocycles. The number of nitrogens with one attached hydrogen (secondary N) is 1. The number of benzene rings is 2. The third-order valence-electron chi connectivity index (χ3n) is 2.90. The molecular formula is C15H11BrFNO3. The Morgan fingerprint density at radius 1 is 1.24 bits per heavy atom. The van der Waals surface area contributed by atoms with Crippen molar-refractivity contribution < 1.29 is 19.1 Å². The summed E-state index contributed by atoms with van der Waals surface area (Å²) in [5.41, 5.74) is 0.725. The minimum Gasteiger partial charge on any atom is -0.478 e. The molecule has 0 saturated carbocycles. The number of amides is 1. The topological polar surface area (TPSA) is 66.4 Å². The molecule has 1 amide bonds. The summed E-state index contributed by atoms with van der Waals surface area (Å²) < 4.78 is 13.7. The van der Waals surface area contributed by atoms with E-state index in [1.807, 2.05) is 0 Å². The second-order valence-corrected chi connectivity index (χ2v) is 5.24. The van der Waals surface area contributed by atoms with Crippen LogP contribution in [0.2, 0.25) is 0 Å². The van der Waals surface area contributed by atoms with Crippen molar-refractivity contribution in [1.82, 2.24) is 0 Å². The molecule has 4 nitrogen and oxygen atoms in total. The number of aryl methyl sites for hydroxylation is 1. The largest absolute Gasteiger partial charge is 0.478 e. The van der Waals surface area contributed by atoms with Crippen LogP contribution in [0.5, 0.6) is 0 Å². The highest BCUT2D eigenvalue weighted by atomic mass is 79.9. The van der Waals surface area contributed by atoms with Crippen LogP contribution in [0, 0.1) is 12.7 Å². The van der Waals surface area contributed by atoms with Crippen molar-refractivity contribution in [1.29, 1.82) is 0 Å². The summed E-state index contributed by atoms with van der Waals surface area (Å²) >= 11 is 3.20. The van der Waals surface area contributed by atoms with Crippen molar-refractivity contribution in [2.24, 2.45) is 0 Å². The Labute approximate surface area is 128 Å². The highest BCUT2D eigenvalue weighted by Crippen LogP contribution is 2.27. The zero-order valence-electron chi connectivity index (χ0n) is 11.0. The lowest BCUT2D eigenvalue weighted by atomic mass is 10.1. The molecule has 2 aromatic rings. The fourth-order valence-corrected chi connectivity index (χ4v) is 2.27. The van der Waals surface area contributed by atoms with E-state index in [-0.39, 0.29) is 16.8 Å². The number of hydrogen-bond acceptors (Lipinski definition) is 2. The van der Waals surface area contributed by atoms with Gasteiger partial charge in [-0.15, -0.1) is 0 Å². The molecule has 0 spiro atoms. The van der Waals surface area contributed by atoms with Crippen LogP contribution in [0.4, 0.5) is 10.1 Å². The minimum absolute atomic E-state index is 0.0310. The monoisotopic (exact) mass is 351 g/mol. The molecule has 6 heteroatoms. The first-order valence-electron chi connectivity index (χ1n) is 5.99. The lowest BCUT2D eigenvalue weighted by Gasteiger charge is -2.11. The van der Waals surface area contributed by atoms with Crippen molar-refractivity contribution in [3.8, 4) is 0 Å². The van der Waals surface area contributed by atoms with Crippen LogP contribution in [0.25, 0.3) is 0 Å². The lowest BCUT2D eigenvalue weighted by molar-refractivity contribution is 0.0698. The summed E-state index contributed by atoms with van der Waals surface area (Å²) in [6.07, 6.45) is 0. The first-order chi connectivity index (χ1) is 9.90. The second kappa shape index (κ2) is 6.05. The van der Waals surface area contributed by atoms with Crippen LogP contribution in [0.3, 0.4) is 0 Å². The van der Waals surface area contributed by atoms with Gasteiger partial charge in [-0.05, 0) is 58.7 Å². The Kier molecular flexibility index (Phi) is 4.37. The van der Waals surface area contributed by atoms with Gasteiger partial charge in [0.15, 0.2) is 0 Å². The van der Waals surface area contributed by atoms with Gasteiger partial charge in [0.05, 0.1) is 11.3 Å². The van der Waals surface area contributed by atoms with E-state index < -0.39 is 17.7 Å². The summed E-state index contributed by atoms with van der Waals surface area (Å²) in [5.74, 6) is -2.06. The van der Waals surface area contributed by atoms with Gasteiger partial charge in [-0.2, -0.15) is 0 Å². The first-order valence-corrected chi connectivity index (χ1v) is 6.78. The van der Waals surface area contributed by atoms with Gasteiger partial charge in [0, 0.05) is 10.0 Å². The predicted octanol–water partition coefficient (Wildman–Crippen LogP) is 3.85. The Hall–Kier alpha value is -2.21. The van der Waals surface area contributed by atoms with E-state index in [1.54, 1.807) is 19.1 Å². The molecule has 21 heavy (non-hydrogen) atoms. The maximum atomic E-state index is 13.2. The van der Waals surface area contributed by atoms with Crippen molar-refractivity contribution in [2.45, 2.75) is 6.92 Å². The quantitative estimate of drug-likeness (QED) is 0.882. The third-order valence-corrected chi connectivity index (χ3v) is 3.56. The molecule has 0 aliphatic rings. The second-order valence-electron chi connectivity index (χ2n) is 4.39.